The summed E-state index contributed by atoms with van der Waals surface area (Å²) in [6, 6.07) is 3.72. The SMILES string of the molecule is CCCCCN(C(=O)C(CCSC)NC(=O)OC(C)(C)C)C(C(=O)NCC(=O)OC)c1cccc(C)c1C. The van der Waals surface area contributed by atoms with Crippen molar-refractivity contribution in [3.8, 4) is 0 Å². The van der Waals surface area contributed by atoms with Crippen molar-refractivity contribution in [2.24, 2.45) is 0 Å². The van der Waals surface area contributed by atoms with Crippen molar-refractivity contribution in [3.05, 3.63) is 34.9 Å². The zero-order chi connectivity index (χ0) is 28.9. The summed E-state index contributed by atoms with van der Waals surface area (Å²) >= 11 is 1.56. The Kier molecular flexibility index (Phi) is 14.2. The van der Waals surface area contributed by atoms with E-state index in [1.54, 1.807) is 32.5 Å². The molecule has 3 amide bonds. The lowest BCUT2D eigenvalue weighted by Gasteiger charge is -2.35. The summed E-state index contributed by atoms with van der Waals surface area (Å²) in [5.74, 6) is -0.834. The first-order valence-electron chi connectivity index (χ1n) is 13.1. The fraction of sp³-hybridized carbons (Fsp3) is 0.643. The third kappa shape index (κ3) is 10.9. The lowest BCUT2D eigenvalue weighted by atomic mass is 9.94. The van der Waals surface area contributed by atoms with E-state index in [2.05, 4.69) is 22.3 Å². The van der Waals surface area contributed by atoms with Gasteiger partial charge in [0.2, 0.25) is 11.8 Å². The second-order valence-electron chi connectivity index (χ2n) is 10.2. The van der Waals surface area contributed by atoms with E-state index in [4.69, 9.17) is 4.74 Å². The molecule has 10 heteroatoms. The number of aryl methyl sites for hydroxylation is 1. The first-order chi connectivity index (χ1) is 17.9. The van der Waals surface area contributed by atoms with E-state index in [1.807, 2.05) is 38.3 Å². The quantitative estimate of drug-likeness (QED) is 0.262. The Morgan fingerprint density at radius 3 is 2.37 bits per heavy atom. The number of carbonyl (C=O) groups excluding carboxylic acids is 4. The third-order valence-electron chi connectivity index (χ3n) is 6.02. The molecule has 0 aromatic heterocycles. The maximum atomic E-state index is 14.1. The van der Waals surface area contributed by atoms with Crippen molar-refractivity contribution in [1.29, 1.82) is 0 Å². The number of unbranched alkanes of at least 4 members (excludes halogenated alkanes) is 2. The van der Waals surface area contributed by atoms with Crippen molar-refractivity contribution in [2.45, 2.75) is 84.9 Å². The summed E-state index contributed by atoms with van der Waals surface area (Å²) in [4.78, 5) is 53.7. The van der Waals surface area contributed by atoms with Crippen molar-refractivity contribution in [3.63, 3.8) is 0 Å². The van der Waals surface area contributed by atoms with Crippen LogP contribution in [0.1, 0.15) is 76.1 Å². The van der Waals surface area contributed by atoms with E-state index >= 15 is 0 Å². The van der Waals surface area contributed by atoms with Crippen LogP contribution in [0.4, 0.5) is 4.79 Å². The molecule has 0 radical (unpaired) electrons. The molecule has 214 valence electrons. The predicted octanol–water partition coefficient (Wildman–Crippen LogP) is 4.30. The fourth-order valence-corrected chi connectivity index (χ4v) is 4.36. The molecule has 0 bridgehead atoms. The highest BCUT2D eigenvalue weighted by atomic mass is 32.2. The van der Waals surface area contributed by atoms with Gasteiger partial charge in [0.05, 0.1) is 7.11 Å². The Bertz CT molecular complexity index is 947. The van der Waals surface area contributed by atoms with Gasteiger partial charge in [0.25, 0.3) is 0 Å². The molecule has 0 saturated heterocycles. The Morgan fingerprint density at radius 1 is 1.11 bits per heavy atom. The van der Waals surface area contributed by atoms with E-state index in [9.17, 15) is 19.2 Å². The smallest absolute Gasteiger partial charge is 0.408 e. The van der Waals surface area contributed by atoms with E-state index < -0.39 is 35.7 Å². The standard InChI is InChI=1S/C28H45N3O6S/c1-9-10-11-16-31(26(34)22(15-17-38-8)30-27(35)37-28(4,5)6)24(25(33)29-18-23(32)36-7)21-14-12-13-19(2)20(21)3/h12-14,22,24H,9-11,15-18H2,1-8H3,(H,29,33)(H,30,35). The van der Waals surface area contributed by atoms with Crippen LogP contribution in [0.3, 0.4) is 0 Å². The van der Waals surface area contributed by atoms with Crippen LogP contribution in [-0.2, 0) is 23.9 Å². The van der Waals surface area contributed by atoms with Gasteiger partial charge >= 0.3 is 12.1 Å². The Labute approximate surface area is 231 Å². The third-order valence-corrected chi connectivity index (χ3v) is 6.67. The van der Waals surface area contributed by atoms with Gasteiger partial charge < -0.3 is 25.0 Å². The number of alkyl carbamates (subject to hydrolysis) is 1. The molecule has 1 rings (SSSR count). The number of amides is 3. The molecule has 1 aromatic rings. The lowest BCUT2D eigenvalue weighted by Crippen LogP contribution is -2.53. The topological polar surface area (TPSA) is 114 Å². The minimum Gasteiger partial charge on any atom is -0.468 e. The molecule has 2 unspecified atom stereocenters. The van der Waals surface area contributed by atoms with Gasteiger partial charge in [-0.1, -0.05) is 38.0 Å². The number of thioether (sulfide) groups is 1. The number of carbonyl (C=O) groups is 4. The highest BCUT2D eigenvalue weighted by Crippen LogP contribution is 2.28. The Morgan fingerprint density at radius 2 is 1.79 bits per heavy atom. The molecule has 0 aliphatic carbocycles. The fourth-order valence-electron chi connectivity index (χ4n) is 3.89. The minimum absolute atomic E-state index is 0.308. The summed E-state index contributed by atoms with van der Waals surface area (Å²) in [6.07, 6.45) is 4.07. The number of hydrogen-bond donors (Lipinski definition) is 2. The van der Waals surface area contributed by atoms with Gasteiger partial charge in [-0.25, -0.2) is 4.79 Å². The highest BCUT2D eigenvalue weighted by molar-refractivity contribution is 7.98. The predicted molar refractivity (Wildman–Crippen MR) is 151 cm³/mol. The maximum absolute atomic E-state index is 14.1. The van der Waals surface area contributed by atoms with E-state index in [-0.39, 0.29) is 12.5 Å². The molecule has 0 heterocycles. The molecule has 9 nitrogen and oxygen atoms in total. The lowest BCUT2D eigenvalue weighted by molar-refractivity contribution is -0.144. The highest BCUT2D eigenvalue weighted by Gasteiger charge is 2.36. The van der Waals surface area contributed by atoms with Crippen LogP contribution < -0.4 is 10.6 Å². The molecule has 38 heavy (non-hydrogen) atoms. The van der Waals surface area contributed by atoms with Gasteiger partial charge in [0, 0.05) is 6.54 Å². The maximum Gasteiger partial charge on any atom is 0.408 e. The molecule has 2 N–H and O–H groups in total. The summed E-state index contributed by atoms with van der Waals surface area (Å²) < 4.78 is 10.1. The first-order valence-corrected chi connectivity index (χ1v) is 14.4. The zero-order valence-electron chi connectivity index (χ0n) is 24.1. The van der Waals surface area contributed by atoms with Crippen molar-refractivity contribution < 1.29 is 28.7 Å². The first kappa shape index (κ1) is 33.3. The number of ether oxygens (including phenoxy) is 2. The molecule has 0 aliphatic rings. The monoisotopic (exact) mass is 551 g/mol. The van der Waals surface area contributed by atoms with Crippen LogP contribution in [0.25, 0.3) is 0 Å². The summed E-state index contributed by atoms with van der Waals surface area (Å²) in [7, 11) is 1.25. The van der Waals surface area contributed by atoms with E-state index in [0.29, 0.717) is 30.7 Å². The zero-order valence-corrected chi connectivity index (χ0v) is 25.0. The van der Waals surface area contributed by atoms with E-state index in [0.717, 1.165) is 24.0 Å². The molecular formula is C28H45N3O6S. The summed E-state index contributed by atoms with van der Waals surface area (Å²) in [5, 5.41) is 5.37. The number of esters is 1. The second-order valence-corrected chi connectivity index (χ2v) is 11.2. The summed E-state index contributed by atoms with van der Waals surface area (Å²) in [6.45, 7) is 11.2. The summed E-state index contributed by atoms with van der Waals surface area (Å²) in [5.41, 5.74) is 1.78. The van der Waals surface area contributed by atoms with Gasteiger partial charge in [0.15, 0.2) is 0 Å². The Balaban J connectivity index is 3.54. The van der Waals surface area contributed by atoms with Crippen LogP contribution in [-0.4, -0.2) is 72.6 Å². The van der Waals surface area contributed by atoms with Crippen LogP contribution in [0.5, 0.6) is 0 Å². The normalized spacial score (nSPS) is 12.7. The second kappa shape index (κ2) is 16.3. The number of methoxy groups -OCH3 is 1. The van der Waals surface area contributed by atoms with Crippen molar-refractivity contribution >= 4 is 35.6 Å². The number of nitrogens with one attached hydrogen (secondary N) is 2. The molecular weight excluding hydrogens is 506 g/mol. The Hall–Kier alpha value is -2.75. The molecule has 0 saturated carbocycles. The average molecular weight is 552 g/mol. The minimum atomic E-state index is -0.999. The van der Waals surface area contributed by atoms with Crippen LogP contribution >= 0.6 is 11.8 Å². The van der Waals surface area contributed by atoms with E-state index in [1.165, 1.54) is 12.0 Å². The van der Waals surface area contributed by atoms with Crippen molar-refractivity contribution in [1.82, 2.24) is 15.5 Å². The molecule has 0 spiro atoms. The number of benzene rings is 1. The van der Waals surface area contributed by atoms with Crippen LogP contribution in [0, 0.1) is 13.8 Å². The molecule has 0 aliphatic heterocycles. The van der Waals surface area contributed by atoms with Gasteiger partial charge in [0.1, 0.15) is 24.2 Å². The van der Waals surface area contributed by atoms with Gasteiger partial charge in [-0.05, 0) is 76.2 Å². The van der Waals surface area contributed by atoms with Crippen LogP contribution in [0.15, 0.2) is 18.2 Å². The molecule has 1 aromatic carbocycles. The van der Waals surface area contributed by atoms with Gasteiger partial charge in [-0.2, -0.15) is 11.8 Å². The van der Waals surface area contributed by atoms with Gasteiger partial charge in [-0.15, -0.1) is 0 Å². The molecule has 0 fully saturated rings. The number of hydrogen-bond acceptors (Lipinski definition) is 7. The largest absolute Gasteiger partial charge is 0.468 e. The van der Waals surface area contributed by atoms with Crippen LogP contribution in [0.2, 0.25) is 0 Å². The number of rotatable bonds is 14. The number of nitrogens with zero attached hydrogens (tertiary/aromatic N) is 1. The van der Waals surface area contributed by atoms with Gasteiger partial charge in [-0.3, -0.25) is 14.4 Å². The average Bonchev–Trinajstić information content (AvgIpc) is 2.85. The molecule has 2 atom stereocenters. The van der Waals surface area contributed by atoms with Crippen molar-refractivity contribution in [2.75, 3.05) is 32.2 Å².